The lowest BCUT2D eigenvalue weighted by Crippen LogP contribution is -2.32. The molecule has 0 aliphatic heterocycles. The Labute approximate surface area is 176 Å². The first-order valence-corrected chi connectivity index (χ1v) is 9.81. The molecule has 0 atom stereocenters. The van der Waals surface area contributed by atoms with E-state index in [-0.39, 0.29) is 12.6 Å². The quantitative estimate of drug-likeness (QED) is 0.539. The molecule has 0 spiro atoms. The van der Waals surface area contributed by atoms with Gasteiger partial charge in [-0.2, -0.15) is 0 Å². The van der Waals surface area contributed by atoms with E-state index in [4.69, 9.17) is 9.47 Å². The van der Waals surface area contributed by atoms with Gasteiger partial charge in [0.15, 0.2) is 0 Å². The molecule has 0 saturated carbocycles. The zero-order chi connectivity index (χ0) is 21.3. The minimum atomic E-state index is -0.281. The minimum Gasteiger partial charge on any atom is -0.497 e. The number of urea groups is 1. The van der Waals surface area contributed by atoms with Gasteiger partial charge in [0.1, 0.15) is 12.4 Å². The highest BCUT2D eigenvalue weighted by atomic mass is 16.5. The van der Waals surface area contributed by atoms with Crippen molar-refractivity contribution < 1.29 is 14.3 Å². The third-order valence-corrected chi connectivity index (χ3v) is 4.50. The van der Waals surface area contributed by atoms with Gasteiger partial charge in [-0.05, 0) is 53.9 Å². The van der Waals surface area contributed by atoms with Crippen LogP contribution in [0.2, 0.25) is 0 Å². The van der Waals surface area contributed by atoms with Crippen LogP contribution >= 0.6 is 0 Å². The first kappa shape index (κ1) is 21.1. The molecule has 0 aliphatic rings. The van der Waals surface area contributed by atoms with E-state index in [9.17, 15) is 4.79 Å². The lowest BCUT2D eigenvalue weighted by Gasteiger charge is -2.10. The Morgan fingerprint density at radius 1 is 0.967 bits per heavy atom. The molecule has 2 aromatic carbocycles. The molecule has 0 radical (unpaired) electrons. The topological polar surface area (TPSA) is 85.4 Å². The highest BCUT2D eigenvalue weighted by Gasteiger charge is 2.05. The summed E-state index contributed by atoms with van der Waals surface area (Å²) in [6.45, 7) is 4.90. The number of rotatable bonds is 8. The van der Waals surface area contributed by atoms with E-state index in [1.165, 1.54) is 5.56 Å². The Kier molecular flexibility index (Phi) is 7.21. The highest BCUT2D eigenvalue weighted by molar-refractivity contribution is 5.89. The molecular formula is C23H26N4O3. The van der Waals surface area contributed by atoms with Crippen molar-refractivity contribution in [2.24, 2.45) is 0 Å². The fourth-order valence-electron chi connectivity index (χ4n) is 2.76. The number of ether oxygens (including phenoxy) is 2. The molecular weight excluding hydrogens is 380 g/mol. The number of hydrogen-bond donors (Lipinski definition) is 2. The zero-order valence-electron chi connectivity index (χ0n) is 17.4. The number of hydrogen-bond acceptors (Lipinski definition) is 5. The van der Waals surface area contributed by atoms with Crippen LogP contribution in [0.15, 0.2) is 60.7 Å². The standard InChI is InChI=1S/C23H26N4O3/c1-16(2)17-4-8-19(9-5-17)25-23(28)24-14-15-30-22-13-12-21(26-27-22)18-6-10-20(29-3)11-7-18/h4-13,16H,14-15H2,1-3H3,(H2,24,25,28). The van der Waals surface area contributed by atoms with Gasteiger partial charge in [-0.3, -0.25) is 0 Å². The van der Waals surface area contributed by atoms with Gasteiger partial charge in [0.05, 0.1) is 19.3 Å². The molecule has 156 valence electrons. The molecule has 30 heavy (non-hydrogen) atoms. The van der Waals surface area contributed by atoms with Gasteiger partial charge < -0.3 is 20.1 Å². The Morgan fingerprint density at radius 2 is 1.70 bits per heavy atom. The number of carbonyl (C=O) groups excluding carboxylic acids is 1. The summed E-state index contributed by atoms with van der Waals surface area (Å²) >= 11 is 0. The Balaban J connectivity index is 1.41. The van der Waals surface area contributed by atoms with Gasteiger partial charge in [-0.1, -0.05) is 26.0 Å². The summed E-state index contributed by atoms with van der Waals surface area (Å²) in [6.07, 6.45) is 0. The van der Waals surface area contributed by atoms with E-state index in [0.29, 0.717) is 18.3 Å². The molecule has 3 aromatic rings. The first-order chi connectivity index (χ1) is 14.5. The van der Waals surface area contributed by atoms with E-state index < -0.39 is 0 Å². The molecule has 0 aliphatic carbocycles. The van der Waals surface area contributed by atoms with Gasteiger partial charge in [0.25, 0.3) is 0 Å². The van der Waals surface area contributed by atoms with Crippen molar-refractivity contribution in [3.63, 3.8) is 0 Å². The summed E-state index contributed by atoms with van der Waals surface area (Å²) in [6, 6.07) is 18.7. The van der Waals surface area contributed by atoms with Crippen molar-refractivity contribution in [3.05, 3.63) is 66.2 Å². The van der Waals surface area contributed by atoms with Gasteiger partial charge in [0.2, 0.25) is 5.88 Å². The molecule has 1 aromatic heterocycles. The summed E-state index contributed by atoms with van der Waals surface area (Å²) in [5.41, 5.74) is 3.66. The summed E-state index contributed by atoms with van der Waals surface area (Å²) in [5.74, 6) is 1.65. The van der Waals surface area contributed by atoms with Crippen LogP contribution in [-0.2, 0) is 0 Å². The van der Waals surface area contributed by atoms with Gasteiger partial charge in [0, 0.05) is 17.3 Å². The minimum absolute atomic E-state index is 0.281. The van der Waals surface area contributed by atoms with Crippen LogP contribution in [0.1, 0.15) is 25.3 Å². The molecule has 0 fully saturated rings. The van der Waals surface area contributed by atoms with Crippen LogP contribution in [0.5, 0.6) is 11.6 Å². The third kappa shape index (κ3) is 5.94. The van der Waals surface area contributed by atoms with Crippen LogP contribution in [0.25, 0.3) is 11.3 Å². The number of anilines is 1. The normalized spacial score (nSPS) is 10.5. The maximum absolute atomic E-state index is 12.0. The lowest BCUT2D eigenvalue weighted by molar-refractivity contribution is 0.246. The largest absolute Gasteiger partial charge is 0.497 e. The van der Waals surface area contributed by atoms with Crippen LogP contribution in [-0.4, -0.2) is 36.5 Å². The average molecular weight is 406 g/mol. The Morgan fingerprint density at radius 3 is 2.30 bits per heavy atom. The number of nitrogens with one attached hydrogen (secondary N) is 2. The van der Waals surface area contributed by atoms with Crippen LogP contribution < -0.4 is 20.1 Å². The van der Waals surface area contributed by atoms with Gasteiger partial charge in [-0.25, -0.2) is 4.79 Å². The number of aromatic nitrogens is 2. The second-order valence-corrected chi connectivity index (χ2v) is 6.99. The lowest BCUT2D eigenvalue weighted by atomic mass is 10.0. The number of amides is 2. The molecule has 0 bridgehead atoms. The van der Waals surface area contributed by atoms with E-state index in [1.54, 1.807) is 13.2 Å². The third-order valence-electron chi connectivity index (χ3n) is 4.50. The first-order valence-electron chi connectivity index (χ1n) is 9.81. The predicted octanol–water partition coefficient (Wildman–Crippen LogP) is 4.48. The van der Waals surface area contributed by atoms with E-state index in [0.717, 1.165) is 22.7 Å². The average Bonchev–Trinajstić information content (AvgIpc) is 2.77. The van der Waals surface area contributed by atoms with E-state index >= 15 is 0 Å². The zero-order valence-corrected chi connectivity index (χ0v) is 17.4. The molecule has 2 amide bonds. The number of carbonyl (C=O) groups is 1. The second-order valence-electron chi connectivity index (χ2n) is 6.99. The fraction of sp³-hybridized carbons (Fsp3) is 0.261. The molecule has 1 heterocycles. The smallest absolute Gasteiger partial charge is 0.319 e. The number of nitrogens with zero attached hydrogens (tertiary/aromatic N) is 2. The fourth-order valence-corrected chi connectivity index (χ4v) is 2.76. The maximum atomic E-state index is 12.0. The number of benzene rings is 2. The maximum Gasteiger partial charge on any atom is 0.319 e. The summed E-state index contributed by atoms with van der Waals surface area (Å²) in [7, 11) is 1.63. The van der Waals surface area contributed by atoms with Crippen molar-refractivity contribution in [3.8, 4) is 22.9 Å². The number of methoxy groups -OCH3 is 1. The molecule has 7 heteroatoms. The molecule has 0 unspecified atom stereocenters. The molecule has 7 nitrogen and oxygen atoms in total. The molecule has 2 N–H and O–H groups in total. The second kappa shape index (κ2) is 10.2. The highest BCUT2D eigenvalue weighted by Crippen LogP contribution is 2.21. The predicted molar refractivity (Wildman–Crippen MR) is 117 cm³/mol. The summed E-state index contributed by atoms with van der Waals surface area (Å²) in [5, 5.41) is 13.8. The molecule has 0 saturated heterocycles. The Bertz CT molecular complexity index is 940. The van der Waals surface area contributed by atoms with Crippen molar-refractivity contribution in [1.82, 2.24) is 15.5 Å². The van der Waals surface area contributed by atoms with Gasteiger partial charge in [-0.15, -0.1) is 10.2 Å². The Hall–Kier alpha value is -3.61. The SMILES string of the molecule is COc1ccc(-c2ccc(OCCNC(=O)Nc3ccc(C(C)C)cc3)nn2)cc1. The van der Waals surface area contributed by atoms with E-state index in [2.05, 4.69) is 34.7 Å². The van der Waals surface area contributed by atoms with Crippen molar-refractivity contribution in [2.75, 3.05) is 25.6 Å². The van der Waals surface area contributed by atoms with Crippen molar-refractivity contribution in [1.29, 1.82) is 0 Å². The molecule has 3 rings (SSSR count). The van der Waals surface area contributed by atoms with Crippen LogP contribution in [0, 0.1) is 0 Å². The van der Waals surface area contributed by atoms with Gasteiger partial charge >= 0.3 is 6.03 Å². The summed E-state index contributed by atoms with van der Waals surface area (Å²) in [4.78, 5) is 12.0. The van der Waals surface area contributed by atoms with Crippen LogP contribution in [0.3, 0.4) is 0 Å². The van der Waals surface area contributed by atoms with E-state index in [1.807, 2.05) is 54.6 Å². The van der Waals surface area contributed by atoms with Crippen molar-refractivity contribution in [2.45, 2.75) is 19.8 Å². The summed E-state index contributed by atoms with van der Waals surface area (Å²) < 4.78 is 10.7. The monoisotopic (exact) mass is 406 g/mol. The van der Waals surface area contributed by atoms with Crippen LogP contribution in [0.4, 0.5) is 10.5 Å². The van der Waals surface area contributed by atoms with Crippen molar-refractivity contribution >= 4 is 11.7 Å².